The molecule has 0 bridgehead atoms. The summed E-state index contributed by atoms with van der Waals surface area (Å²) in [5, 5.41) is 0. The molecule has 0 atom stereocenters. The summed E-state index contributed by atoms with van der Waals surface area (Å²) in [6.45, 7) is 0.603. The van der Waals surface area contributed by atoms with Crippen molar-refractivity contribution in [3.05, 3.63) is 12.2 Å². The average molecular weight is 97.1 g/mol. The molecule has 3 nitrogen and oxygen atoms in total. The van der Waals surface area contributed by atoms with E-state index in [1.165, 1.54) is 6.08 Å². The van der Waals surface area contributed by atoms with E-state index in [1.54, 1.807) is 0 Å². The number of rotatable bonds is 0. The average Bonchev–Trinajstić information content (AvgIpc) is 1.69. The molecule has 1 radical (unpaired) electrons. The smallest absolute Gasteiger partial charge is 0.258 e. The number of nitrogens with one attached hydrogen (secondary N) is 2. The van der Waals surface area contributed by atoms with Gasteiger partial charge in [0.05, 0.1) is 0 Å². The normalized spacial score (nSPS) is 19.1. The Morgan fingerprint density at radius 3 is 3.00 bits per heavy atom. The number of carbonyl (C=O) groups excluding carboxylic acids is 1. The molecule has 0 aromatic heterocycles. The summed E-state index contributed by atoms with van der Waals surface area (Å²) in [6, 6.07) is 0. The largest absolute Gasteiger partial charge is 0.288 e. The first kappa shape index (κ1) is 4.33. The molecule has 0 fully saturated rings. The Balaban J connectivity index is 2.51. The SMILES string of the molecule is O=C1C=[C]CNN1. The standard InChI is InChI=1S/C4H5N2O/c7-4-2-1-3-5-6-4/h2,5H,3H2,(H,6,7). The monoisotopic (exact) mass is 97.0 g/mol. The van der Waals surface area contributed by atoms with Gasteiger partial charge in [-0.25, -0.2) is 5.43 Å². The van der Waals surface area contributed by atoms with Crippen molar-refractivity contribution in [2.24, 2.45) is 0 Å². The van der Waals surface area contributed by atoms with Crippen LogP contribution < -0.4 is 10.9 Å². The van der Waals surface area contributed by atoms with Crippen LogP contribution in [-0.2, 0) is 4.79 Å². The second-order valence-electron chi connectivity index (χ2n) is 1.19. The Hall–Kier alpha value is -0.830. The van der Waals surface area contributed by atoms with Crippen LogP contribution in [0.4, 0.5) is 0 Å². The van der Waals surface area contributed by atoms with Crippen molar-refractivity contribution >= 4 is 5.91 Å². The molecule has 1 aliphatic rings. The highest BCUT2D eigenvalue weighted by Gasteiger charge is 1.95. The van der Waals surface area contributed by atoms with Gasteiger partial charge in [-0.05, 0) is 6.08 Å². The molecule has 1 aliphatic heterocycles. The summed E-state index contributed by atoms with van der Waals surface area (Å²) in [5.74, 6) is -0.133. The molecule has 0 saturated carbocycles. The van der Waals surface area contributed by atoms with Gasteiger partial charge in [-0.2, -0.15) is 0 Å². The lowest BCUT2D eigenvalue weighted by atomic mass is 10.4. The van der Waals surface area contributed by atoms with Crippen molar-refractivity contribution in [1.82, 2.24) is 10.9 Å². The fourth-order valence-electron chi connectivity index (χ4n) is 0.362. The van der Waals surface area contributed by atoms with E-state index in [0.717, 1.165) is 0 Å². The topological polar surface area (TPSA) is 41.1 Å². The third kappa shape index (κ3) is 1.01. The maximum Gasteiger partial charge on any atom is 0.258 e. The minimum absolute atomic E-state index is 0.133. The van der Waals surface area contributed by atoms with Crippen molar-refractivity contribution in [1.29, 1.82) is 0 Å². The molecule has 0 aromatic rings. The first-order valence-corrected chi connectivity index (χ1v) is 1.99. The van der Waals surface area contributed by atoms with Crippen LogP contribution in [0.2, 0.25) is 0 Å². The molecule has 1 amide bonds. The maximum atomic E-state index is 10.2. The molecule has 1 rings (SSSR count). The van der Waals surface area contributed by atoms with Crippen LogP contribution in [0.25, 0.3) is 0 Å². The van der Waals surface area contributed by atoms with Gasteiger partial charge in [-0.1, -0.05) is 0 Å². The minimum Gasteiger partial charge on any atom is -0.288 e. The molecular formula is C4H5N2O. The summed E-state index contributed by atoms with van der Waals surface area (Å²) in [5.41, 5.74) is 4.97. The fraction of sp³-hybridized carbons (Fsp3) is 0.250. The van der Waals surface area contributed by atoms with Crippen LogP contribution in [0.5, 0.6) is 0 Å². The van der Waals surface area contributed by atoms with E-state index in [1.807, 2.05) is 0 Å². The van der Waals surface area contributed by atoms with Gasteiger partial charge >= 0.3 is 0 Å². The molecule has 3 heteroatoms. The Morgan fingerprint density at radius 1 is 1.86 bits per heavy atom. The van der Waals surface area contributed by atoms with Crippen LogP contribution in [0.1, 0.15) is 0 Å². The lowest BCUT2D eigenvalue weighted by Gasteiger charge is -2.04. The lowest BCUT2D eigenvalue weighted by molar-refractivity contribution is -0.117. The van der Waals surface area contributed by atoms with Crippen LogP contribution in [0.3, 0.4) is 0 Å². The van der Waals surface area contributed by atoms with E-state index in [0.29, 0.717) is 6.54 Å². The van der Waals surface area contributed by atoms with E-state index < -0.39 is 0 Å². The second kappa shape index (κ2) is 1.75. The Morgan fingerprint density at radius 2 is 2.71 bits per heavy atom. The van der Waals surface area contributed by atoms with E-state index in [-0.39, 0.29) is 5.91 Å². The van der Waals surface area contributed by atoms with E-state index in [9.17, 15) is 4.79 Å². The van der Waals surface area contributed by atoms with Crippen LogP contribution in [0, 0.1) is 6.08 Å². The van der Waals surface area contributed by atoms with Crippen molar-refractivity contribution in [2.75, 3.05) is 6.54 Å². The number of hydrogen-bond acceptors (Lipinski definition) is 2. The summed E-state index contributed by atoms with van der Waals surface area (Å²) < 4.78 is 0. The lowest BCUT2D eigenvalue weighted by Crippen LogP contribution is -2.39. The van der Waals surface area contributed by atoms with Gasteiger partial charge in [0.1, 0.15) is 0 Å². The zero-order chi connectivity index (χ0) is 5.11. The number of hydrazine groups is 1. The molecule has 1 heterocycles. The maximum absolute atomic E-state index is 10.2. The predicted molar refractivity (Wildman–Crippen MR) is 24.0 cm³/mol. The predicted octanol–water partition coefficient (Wildman–Crippen LogP) is -1.02. The highest BCUT2D eigenvalue weighted by atomic mass is 16.2. The second-order valence-corrected chi connectivity index (χ2v) is 1.19. The van der Waals surface area contributed by atoms with Crippen LogP contribution in [0.15, 0.2) is 6.08 Å². The van der Waals surface area contributed by atoms with Crippen molar-refractivity contribution < 1.29 is 4.79 Å². The Labute approximate surface area is 41.4 Å². The first-order chi connectivity index (χ1) is 3.39. The molecule has 2 N–H and O–H groups in total. The molecule has 0 spiro atoms. The first-order valence-electron chi connectivity index (χ1n) is 1.99. The third-order valence-corrected chi connectivity index (χ3v) is 0.635. The van der Waals surface area contributed by atoms with E-state index >= 15 is 0 Å². The molecule has 0 aromatic carbocycles. The number of hydrogen-bond donors (Lipinski definition) is 2. The van der Waals surface area contributed by atoms with Crippen LogP contribution in [-0.4, -0.2) is 12.5 Å². The van der Waals surface area contributed by atoms with E-state index in [2.05, 4.69) is 16.9 Å². The molecule has 7 heavy (non-hydrogen) atoms. The highest BCUT2D eigenvalue weighted by molar-refractivity contribution is 5.87. The number of amides is 1. The van der Waals surface area contributed by atoms with Crippen LogP contribution >= 0.6 is 0 Å². The van der Waals surface area contributed by atoms with Gasteiger partial charge in [0, 0.05) is 12.6 Å². The number of carbonyl (C=O) groups is 1. The molecule has 0 aliphatic carbocycles. The summed E-state index contributed by atoms with van der Waals surface area (Å²) in [6.07, 6.45) is 4.06. The third-order valence-electron chi connectivity index (χ3n) is 0.635. The molecule has 0 saturated heterocycles. The molecular weight excluding hydrogens is 92.1 g/mol. The quantitative estimate of drug-likeness (QED) is 0.406. The molecule has 0 unspecified atom stereocenters. The van der Waals surface area contributed by atoms with Gasteiger partial charge in [-0.15, -0.1) is 0 Å². The summed E-state index contributed by atoms with van der Waals surface area (Å²) in [4.78, 5) is 10.2. The summed E-state index contributed by atoms with van der Waals surface area (Å²) in [7, 11) is 0. The van der Waals surface area contributed by atoms with Crippen molar-refractivity contribution in [3.63, 3.8) is 0 Å². The fourth-order valence-corrected chi connectivity index (χ4v) is 0.362. The molecule has 37 valence electrons. The zero-order valence-corrected chi connectivity index (χ0v) is 3.69. The van der Waals surface area contributed by atoms with E-state index in [4.69, 9.17) is 0 Å². The van der Waals surface area contributed by atoms with Crippen molar-refractivity contribution in [2.45, 2.75) is 0 Å². The van der Waals surface area contributed by atoms with Crippen molar-refractivity contribution in [3.8, 4) is 0 Å². The Kier molecular flexibility index (Phi) is 1.08. The van der Waals surface area contributed by atoms with Gasteiger partial charge in [0.25, 0.3) is 5.91 Å². The van der Waals surface area contributed by atoms with Gasteiger partial charge in [0.15, 0.2) is 0 Å². The zero-order valence-electron chi connectivity index (χ0n) is 3.69. The van der Waals surface area contributed by atoms with Gasteiger partial charge in [0.2, 0.25) is 0 Å². The van der Waals surface area contributed by atoms with Gasteiger partial charge < -0.3 is 0 Å². The Bertz CT molecular complexity index is 108. The minimum atomic E-state index is -0.133. The highest BCUT2D eigenvalue weighted by Crippen LogP contribution is 1.72. The van der Waals surface area contributed by atoms with Gasteiger partial charge in [-0.3, -0.25) is 10.2 Å². The summed E-state index contributed by atoms with van der Waals surface area (Å²) >= 11 is 0.